The standard InChI is InChI=1S/C20H26N4O2S.C2HF3O2/c1-13(2)10-23-20-16(15-11-22-8-9-24(15)12-25)17(21)19(27-20)18(26)14-6-4-3-5-7-14;3-2(4,5)1(6)7/h3-7,12-13,15,22-23H,8-11,21H2,1-2H3;(H,6,7). The zero-order valence-electron chi connectivity index (χ0n) is 18.7. The molecule has 1 amide bonds. The zero-order valence-corrected chi connectivity index (χ0v) is 19.5. The lowest BCUT2D eigenvalue weighted by Gasteiger charge is -2.34. The van der Waals surface area contributed by atoms with Crippen molar-refractivity contribution in [1.29, 1.82) is 0 Å². The molecule has 0 saturated carbocycles. The molecule has 1 unspecified atom stereocenters. The van der Waals surface area contributed by atoms with Gasteiger partial charge in [-0.1, -0.05) is 44.2 Å². The van der Waals surface area contributed by atoms with Crippen LogP contribution in [0.5, 0.6) is 0 Å². The maximum absolute atomic E-state index is 13.0. The van der Waals surface area contributed by atoms with Crippen LogP contribution in [0.15, 0.2) is 30.3 Å². The van der Waals surface area contributed by atoms with Crippen molar-refractivity contribution in [1.82, 2.24) is 10.2 Å². The summed E-state index contributed by atoms with van der Waals surface area (Å²) in [6.07, 6.45) is -4.21. The van der Waals surface area contributed by atoms with Crippen molar-refractivity contribution in [2.75, 3.05) is 37.2 Å². The molecule has 1 aliphatic heterocycles. The molecule has 0 bridgehead atoms. The van der Waals surface area contributed by atoms with Gasteiger partial charge in [-0.25, -0.2) is 4.79 Å². The molecule has 3 rings (SSSR count). The summed E-state index contributed by atoms with van der Waals surface area (Å²) in [7, 11) is 0. The lowest BCUT2D eigenvalue weighted by Crippen LogP contribution is -2.45. The predicted molar refractivity (Wildman–Crippen MR) is 124 cm³/mol. The number of piperazine rings is 1. The second-order valence-electron chi connectivity index (χ2n) is 7.92. The van der Waals surface area contributed by atoms with E-state index < -0.39 is 12.1 Å². The van der Waals surface area contributed by atoms with E-state index in [1.54, 1.807) is 17.0 Å². The number of hydrogen-bond donors (Lipinski definition) is 4. The van der Waals surface area contributed by atoms with E-state index in [0.29, 0.717) is 35.1 Å². The number of carboxylic acid groups (broad SMARTS) is 1. The van der Waals surface area contributed by atoms with Crippen LogP contribution in [0.3, 0.4) is 0 Å². The van der Waals surface area contributed by atoms with Crippen molar-refractivity contribution >= 4 is 40.2 Å². The summed E-state index contributed by atoms with van der Waals surface area (Å²) in [5.41, 5.74) is 8.41. The molecule has 0 spiro atoms. The topological polar surface area (TPSA) is 125 Å². The van der Waals surface area contributed by atoms with Crippen molar-refractivity contribution in [3.05, 3.63) is 46.3 Å². The van der Waals surface area contributed by atoms with Gasteiger partial charge < -0.3 is 26.4 Å². The van der Waals surface area contributed by atoms with Crippen LogP contribution in [0.2, 0.25) is 0 Å². The van der Waals surface area contributed by atoms with Crippen molar-refractivity contribution in [3.63, 3.8) is 0 Å². The fraction of sp³-hybridized carbons (Fsp3) is 0.409. The molecule has 1 aromatic carbocycles. The van der Waals surface area contributed by atoms with Gasteiger partial charge in [-0.3, -0.25) is 9.59 Å². The average molecular weight is 501 g/mol. The minimum absolute atomic E-state index is 0.0848. The molecule has 0 radical (unpaired) electrons. The third kappa shape index (κ3) is 6.94. The number of hydrogen-bond acceptors (Lipinski definition) is 7. The number of alkyl halides is 3. The summed E-state index contributed by atoms with van der Waals surface area (Å²) in [5, 5.41) is 14.8. The van der Waals surface area contributed by atoms with Gasteiger partial charge in [0.2, 0.25) is 12.2 Å². The Balaban J connectivity index is 0.000000509. The summed E-state index contributed by atoms with van der Waals surface area (Å²) >= 11 is 1.38. The Morgan fingerprint density at radius 1 is 1.32 bits per heavy atom. The third-order valence-electron chi connectivity index (χ3n) is 4.89. The van der Waals surface area contributed by atoms with Crippen LogP contribution in [0, 0.1) is 5.92 Å². The first kappa shape index (κ1) is 27.1. The van der Waals surface area contributed by atoms with Crippen molar-refractivity contribution in [3.8, 4) is 0 Å². The average Bonchev–Trinajstić information content (AvgIpc) is 3.13. The molecule has 1 aliphatic rings. The first-order valence-corrected chi connectivity index (χ1v) is 11.3. The lowest BCUT2D eigenvalue weighted by molar-refractivity contribution is -0.192. The van der Waals surface area contributed by atoms with E-state index in [-0.39, 0.29) is 11.8 Å². The number of nitrogens with two attached hydrogens (primary N) is 1. The Kier molecular flexibility index (Phi) is 9.45. The molecule has 1 atom stereocenters. The number of aliphatic carboxylic acids is 1. The van der Waals surface area contributed by atoms with Gasteiger partial charge in [-0.2, -0.15) is 13.2 Å². The van der Waals surface area contributed by atoms with Crippen LogP contribution in [0.4, 0.5) is 23.9 Å². The Morgan fingerprint density at radius 3 is 2.47 bits per heavy atom. The normalized spacial score (nSPS) is 15.9. The third-order valence-corrected chi connectivity index (χ3v) is 6.07. The molecule has 1 aromatic heterocycles. The molecule has 8 nitrogen and oxygen atoms in total. The minimum atomic E-state index is -5.08. The second kappa shape index (κ2) is 11.8. The number of carbonyl (C=O) groups excluding carboxylic acids is 2. The second-order valence-corrected chi connectivity index (χ2v) is 8.94. The number of benzene rings is 1. The van der Waals surface area contributed by atoms with Crippen LogP contribution in [-0.2, 0) is 9.59 Å². The van der Waals surface area contributed by atoms with E-state index in [4.69, 9.17) is 15.6 Å². The number of anilines is 2. The van der Waals surface area contributed by atoms with Gasteiger partial charge in [0.25, 0.3) is 0 Å². The number of carboxylic acids is 1. The first-order chi connectivity index (χ1) is 16.0. The van der Waals surface area contributed by atoms with E-state index in [1.807, 2.05) is 18.2 Å². The molecule has 1 fully saturated rings. The van der Waals surface area contributed by atoms with E-state index >= 15 is 0 Å². The maximum atomic E-state index is 13.0. The fourth-order valence-electron chi connectivity index (χ4n) is 3.22. The fourth-order valence-corrected chi connectivity index (χ4v) is 4.37. The van der Waals surface area contributed by atoms with E-state index in [9.17, 15) is 22.8 Å². The number of rotatable bonds is 7. The number of nitrogens with one attached hydrogen (secondary N) is 2. The van der Waals surface area contributed by atoms with Crippen LogP contribution in [-0.4, -0.2) is 60.5 Å². The SMILES string of the molecule is CC(C)CNc1sc(C(=O)c2ccccc2)c(N)c1C1CNCCN1C=O.O=C(O)C(F)(F)F. The predicted octanol–water partition coefficient (Wildman–Crippen LogP) is 3.37. The monoisotopic (exact) mass is 500 g/mol. The molecule has 1 saturated heterocycles. The highest BCUT2D eigenvalue weighted by atomic mass is 32.1. The van der Waals surface area contributed by atoms with Crippen molar-refractivity contribution < 1.29 is 32.7 Å². The molecular formula is C22H27F3N4O4S. The number of amides is 1. The quantitative estimate of drug-likeness (QED) is 0.339. The number of ketones is 1. The van der Waals surface area contributed by atoms with Crippen molar-refractivity contribution in [2.45, 2.75) is 26.1 Å². The molecule has 186 valence electrons. The zero-order chi connectivity index (χ0) is 25.5. The Morgan fingerprint density at radius 2 is 1.94 bits per heavy atom. The van der Waals surface area contributed by atoms with Crippen LogP contribution < -0.4 is 16.4 Å². The van der Waals surface area contributed by atoms with Crippen LogP contribution in [0.1, 0.15) is 40.7 Å². The Hall–Kier alpha value is -3.12. The summed E-state index contributed by atoms with van der Waals surface area (Å²) < 4.78 is 31.7. The maximum Gasteiger partial charge on any atom is 0.490 e. The van der Waals surface area contributed by atoms with Crippen LogP contribution in [0.25, 0.3) is 0 Å². The van der Waals surface area contributed by atoms with Crippen LogP contribution >= 0.6 is 11.3 Å². The van der Waals surface area contributed by atoms with E-state index in [2.05, 4.69) is 24.5 Å². The van der Waals surface area contributed by atoms with Gasteiger partial charge in [0, 0.05) is 37.3 Å². The lowest BCUT2D eigenvalue weighted by atomic mass is 10.0. The smallest absolute Gasteiger partial charge is 0.475 e. The van der Waals surface area contributed by atoms with E-state index in [0.717, 1.165) is 30.1 Å². The molecule has 2 aromatic rings. The first-order valence-electron chi connectivity index (χ1n) is 10.4. The number of nitrogen functional groups attached to an aromatic ring is 1. The summed E-state index contributed by atoms with van der Waals surface area (Å²) in [5.74, 6) is -2.40. The summed E-state index contributed by atoms with van der Waals surface area (Å²) in [6, 6.07) is 8.97. The number of thiophene rings is 1. The van der Waals surface area contributed by atoms with Crippen molar-refractivity contribution in [2.24, 2.45) is 5.92 Å². The highest BCUT2D eigenvalue weighted by Gasteiger charge is 2.38. The Labute approximate surface area is 198 Å². The van der Waals surface area contributed by atoms with E-state index in [1.165, 1.54) is 11.3 Å². The Bertz CT molecular complexity index is 996. The minimum Gasteiger partial charge on any atom is -0.475 e. The number of nitrogens with zero attached hydrogens (tertiary/aromatic N) is 1. The summed E-state index contributed by atoms with van der Waals surface area (Å²) in [4.78, 5) is 35.8. The molecule has 0 aliphatic carbocycles. The van der Waals surface area contributed by atoms with Gasteiger partial charge in [0.1, 0.15) is 4.88 Å². The van der Waals surface area contributed by atoms with Gasteiger partial charge in [0.15, 0.2) is 0 Å². The molecule has 5 N–H and O–H groups in total. The van der Waals surface area contributed by atoms with Gasteiger partial charge >= 0.3 is 12.1 Å². The number of halogens is 3. The molecular weight excluding hydrogens is 473 g/mol. The molecule has 2 heterocycles. The highest BCUT2D eigenvalue weighted by Crippen LogP contribution is 2.42. The van der Waals surface area contributed by atoms with Gasteiger partial charge in [0.05, 0.1) is 16.7 Å². The molecule has 12 heteroatoms. The largest absolute Gasteiger partial charge is 0.490 e. The number of carbonyl (C=O) groups is 3. The van der Waals surface area contributed by atoms with Gasteiger partial charge in [-0.05, 0) is 5.92 Å². The molecule has 34 heavy (non-hydrogen) atoms. The highest BCUT2D eigenvalue weighted by molar-refractivity contribution is 7.19. The summed E-state index contributed by atoms with van der Waals surface area (Å²) in [6.45, 7) is 7.01. The van der Waals surface area contributed by atoms with Gasteiger partial charge in [-0.15, -0.1) is 11.3 Å².